The highest BCUT2D eigenvalue weighted by Crippen LogP contribution is 2.10. The lowest BCUT2D eigenvalue weighted by Crippen LogP contribution is -2.08. The van der Waals surface area contributed by atoms with E-state index in [2.05, 4.69) is 10.4 Å². The number of halogens is 1. The van der Waals surface area contributed by atoms with Crippen molar-refractivity contribution in [3.63, 3.8) is 0 Å². The van der Waals surface area contributed by atoms with Crippen molar-refractivity contribution in [2.45, 2.75) is 12.8 Å². The van der Waals surface area contributed by atoms with Gasteiger partial charge in [-0.25, -0.2) is 9.07 Å². The molecule has 0 bridgehead atoms. The van der Waals surface area contributed by atoms with Crippen molar-refractivity contribution in [1.82, 2.24) is 15.1 Å². The quantitative estimate of drug-likeness (QED) is 0.802. The highest BCUT2D eigenvalue weighted by Gasteiger charge is 2.01. The topological polar surface area (TPSA) is 29.9 Å². The number of benzene rings is 1. The van der Waals surface area contributed by atoms with E-state index >= 15 is 0 Å². The van der Waals surface area contributed by atoms with Gasteiger partial charge in [0.25, 0.3) is 0 Å². The lowest BCUT2D eigenvalue weighted by molar-refractivity contribution is 0.627. The number of nitrogens with zero attached hydrogens (tertiary/aromatic N) is 2. The molecule has 0 aliphatic rings. The number of rotatable bonds is 5. The van der Waals surface area contributed by atoms with E-state index in [1.54, 1.807) is 16.8 Å². The van der Waals surface area contributed by atoms with Gasteiger partial charge in [-0.15, -0.1) is 0 Å². The van der Waals surface area contributed by atoms with Gasteiger partial charge in [-0.1, -0.05) is 0 Å². The van der Waals surface area contributed by atoms with E-state index in [4.69, 9.17) is 0 Å². The normalized spacial score (nSPS) is 10.7. The minimum Gasteiger partial charge on any atom is -0.320 e. The zero-order valence-electron chi connectivity index (χ0n) is 9.86. The van der Waals surface area contributed by atoms with Crippen LogP contribution < -0.4 is 5.32 Å². The van der Waals surface area contributed by atoms with Crippen LogP contribution in [0.25, 0.3) is 5.69 Å². The summed E-state index contributed by atoms with van der Waals surface area (Å²) < 4.78 is 14.5. The van der Waals surface area contributed by atoms with Gasteiger partial charge in [-0.05, 0) is 56.3 Å². The molecule has 17 heavy (non-hydrogen) atoms. The summed E-state index contributed by atoms with van der Waals surface area (Å²) in [5.41, 5.74) is 2.08. The second-order valence-corrected chi connectivity index (χ2v) is 3.98. The molecule has 1 aromatic heterocycles. The molecule has 2 rings (SSSR count). The largest absolute Gasteiger partial charge is 0.320 e. The van der Waals surface area contributed by atoms with Gasteiger partial charge < -0.3 is 5.32 Å². The molecule has 2 aromatic rings. The molecule has 0 atom stereocenters. The van der Waals surface area contributed by atoms with Crippen molar-refractivity contribution < 1.29 is 4.39 Å². The average Bonchev–Trinajstić information content (AvgIpc) is 2.79. The maximum atomic E-state index is 12.8. The summed E-state index contributed by atoms with van der Waals surface area (Å²) >= 11 is 0. The van der Waals surface area contributed by atoms with Gasteiger partial charge in [0.05, 0.1) is 11.9 Å². The standard InChI is InChI=1S/C13H16FN3/c1-15-8-2-3-11-9-16-17(10-11)13-6-4-12(14)5-7-13/h4-7,9-10,15H,2-3,8H2,1H3. The third kappa shape index (κ3) is 3.14. The smallest absolute Gasteiger partial charge is 0.123 e. The van der Waals surface area contributed by atoms with Gasteiger partial charge >= 0.3 is 0 Å². The minimum atomic E-state index is -0.227. The molecule has 1 N–H and O–H groups in total. The maximum Gasteiger partial charge on any atom is 0.123 e. The van der Waals surface area contributed by atoms with Gasteiger partial charge in [0.2, 0.25) is 0 Å². The van der Waals surface area contributed by atoms with Gasteiger partial charge in [-0.3, -0.25) is 0 Å². The number of hydrogen-bond donors (Lipinski definition) is 1. The molecule has 0 aliphatic carbocycles. The van der Waals surface area contributed by atoms with Gasteiger partial charge in [0, 0.05) is 6.20 Å². The maximum absolute atomic E-state index is 12.8. The Hall–Kier alpha value is -1.68. The monoisotopic (exact) mass is 233 g/mol. The number of nitrogens with one attached hydrogen (secondary N) is 1. The van der Waals surface area contributed by atoms with Crippen LogP contribution in [0.3, 0.4) is 0 Å². The molecular weight excluding hydrogens is 217 g/mol. The minimum absolute atomic E-state index is 0.227. The predicted octanol–water partition coefficient (Wildman–Crippen LogP) is 2.16. The summed E-state index contributed by atoms with van der Waals surface area (Å²) in [5.74, 6) is -0.227. The highest BCUT2D eigenvalue weighted by molar-refractivity contribution is 5.31. The first-order valence-electron chi connectivity index (χ1n) is 5.73. The van der Waals surface area contributed by atoms with Gasteiger partial charge in [0.15, 0.2) is 0 Å². The molecule has 0 saturated carbocycles. The summed E-state index contributed by atoms with van der Waals surface area (Å²) in [6.45, 7) is 1.00. The van der Waals surface area contributed by atoms with Crippen LogP contribution in [-0.2, 0) is 6.42 Å². The summed E-state index contributed by atoms with van der Waals surface area (Å²) in [6, 6.07) is 6.33. The fraction of sp³-hybridized carbons (Fsp3) is 0.308. The Bertz CT molecular complexity index is 462. The van der Waals surface area contributed by atoms with E-state index in [0.717, 1.165) is 25.1 Å². The molecule has 0 amide bonds. The molecule has 0 saturated heterocycles. The van der Waals surface area contributed by atoms with Crippen LogP contribution in [-0.4, -0.2) is 23.4 Å². The van der Waals surface area contributed by atoms with E-state index in [9.17, 15) is 4.39 Å². The van der Waals surface area contributed by atoms with Crippen LogP contribution in [0.2, 0.25) is 0 Å². The Morgan fingerprint density at radius 2 is 2.06 bits per heavy atom. The summed E-state index contributed by atoms with van der Waals surface area (Å²) in [6.07, 6.45) is 5.94. The predicted molar refractivity (Wildman–Crippen MR) is 65.8 cm³/mol. The third-order valence-corrected chi connectivity index (χ3v) is 2.62. The molecule has 1 heterocycles. The lowest BCUT2D eigenvalue weighted by atomic mass is 10.2. The fourth-order valence-electron chi connectivity index (χ4n) is 1.69. The second-order valence-electron chi connectivity index (χ2n) is 3.98. The number of hydrogen-bond acceptors (Lipinski definition) is 2. The Morgan fingerprint density at radius 1 is 1.29 bits per heavy atom. The van der Waals surface area contributed by atoms with Crippen molar-refractivity contribution in [1.29, 1.82) is 0 Å². The molecule has 3 nitrogen and oxygen atoms in total. The van der Waals surface area contributed by atoms with E-state index in [1.165, 1.54) is 17.7 Å². The molecule has 4 heteroatoms. The lowest BCUT2D eigenvalue weighted by Gasteiger charge is -2.00. The average molecular weight is 233 g/mol. The summed E-state index contributed by atoms with van der Waals surface area (Å²) in [4.78, 5) is 0. The molecular formula is C13H16FN3. The van der Waals surface area contributed by atoms with E-state index in [0.29, 0.717) is 0 Å². The zero-order valence-corrected chi connectivity index (χ0v) is 9.86. The van der Waals surface area contributed by atoms with Crippen molar-refractivity contribution in [3.05, 3.63) is 48.0 Å². The zero-order chi connectivity index (χ0) is 12.1. The van der Waals surface area contributed by atoms with Crippen LogP contribution in [0.4, 0.5) is 4.39 Å². The van der Waals surface area contributed by atoms with Gasteiger partial charge in [0.1, 0.15) is 5.82 Å². The van der Waals surface area contributed by atoms with E-state index in [-0.39, 0.29) is 5.82 Å². The van der Waals surface area contributed by atoms with Crippen molar-refractivity contribution in [2.24, 2.45) is 0 Å². The number of aryl methyl sites for hydroxylation is 1. The van der Waals surface area contributed by atoms with Crippen LogP contribution in [0.15, 0.2) is 36.7 Å². The fourth-order valence-corrected chi connectivity index (χ4v) is 1.69. The van der Waals surface area contributed by atoms with E-state index < -0.39 is 0 Å². The molecule has 90 valence electrons. The number of aromatic nitrogens is 2. The first kappa shape index (κ1) is 11.8. The van der Waals surface area contributed by atoms with Crippen molar-refractivity contribution in [2.75, 3.05) is 13.6 Å². The third-order valence-electron chi connectivity index (χ3n) is 2.62. The highest BCUT2D eigenvalue weighted by atomic mass is 19.1. The van der Waals surface area contributed by atoms with Gasteiger partial charge in [-0.2, -0.15) is 5.10 Å². The van der Waals surface area contributed by atoms with Crippen LogP contribution in [0.1, 0.15) is 12.0 Å². The SMILES string of the molecule is CNCCCc1cnn(-c2ccc(F)cc2)c1. The molecule has 0 spiro atoms. The van der Waals surface area contributed by atoms with Crippen LogP contribution in [0, 0.1) is 5.82 Å². The van der Waals surface area contributed by atoms with E-state index in [1.807, 2.05) is 19.4 Å². The van der Waals surface area contributed by atoms with Crippen LogP contribution in [0.5, 0.6) is 0 Å². The Labute approximate surface area is 100 Å². The molecule has 1 aromatic carbocycles. The second kappa shape index (κ2) is 5.59. The molecule has 0 fully saturated rings. The van der Waals surface area contributed by atoms with Crippen molar-refractivity contribution in [3.8, 4) is 5.69 Å². The first-order chi connectivity index (χ1) is 8.29. The van der Waals surface area contributed by atoms with Crippen molar-refractivity contribution >= 4 is 0 Å². The van der Waals surface area contributed by atoms with Crippen LogP contribution >= 0.6 is 0 Å². The summed E-state index contributed by atoms with van der Waals surface area (Å²) in [5, 5.41) is 7.38. The summed E-state index contributed by atoms with van der Waals surface area (Å²) in [7, 11) is 1.95. The molecule has 0 radical (unpaired) electrons. The molecule has 0 aliphatic heterocycles. The Balaban J connectivity index is 2.04. The molecule has 0 unspecified atom stereocenters. The Kier molecular flexibility index (Phi) is 3.88. The Morgan fingerprint density at radius 3 is 2.76 bits per heavy atom. The first-order valence-corrected chi connectivity index (χ1v) is 5.73.